The van der Waals surface area contributed by atoms with Crippen molar-refractivity contribution in [2.45, 2.75) is 19.3 Å². The number of aryl methyl sites for hydroxylation is 1. The van der Waals surface area contributed by atoms with Gasteiger partial charge in [0.2, 0.25) is 0 Å². The Morgan fingerprint density at radius 3 is 3.12 bits per heavy atom. The molecule has 1 aromatic carbocycles. The molecule has 0 unspecified atom stereocenters. The molecule has 0 fully saturated rings. The summed E-state index contributed by atoms with van der Waals surface area (Å²) in [5, 5.41) is 0. The first-order valence-corrected chi connectivity index (χ1v) is 6.75. The highest BCUT2D eigenvalue weighted by atomic mass is 32.1. The lowest BCUT2D eigenvalue weighted by Crippen LogP contribution is -1.98. The van der Waals surface area contributed by atoms with Crippen LogP contribution in [0.1, 0.15) is 18.4 Å². The van der Waals surface area contributed by atoms with Gasteiger partial charge in [0.25, 0.3) is 0 Å². The molecule has 0 radical (unpaired) electrons. The fraction of sp³-hybridized carbons (Fsp3) is 0.308. The number of hydrogen-bond acceptors (Lipinski definition) is 3. The zero-order valence-electron chi connectivity index (χ0n) is 9.60. The molecule has 0 aliphatic rings. The maximum Gasteiger partial charge on any atom is 0.194 e. The average molecular weight is 245 g/mol. The quantitative estimate of drug-likeness (QED) is 0.718. The number of fused-ring (bicyclic) bond motifs is 3. The van der Waals surface area contributed by atoms with Crippen molar-refractivity contribution in [3.8, 4) is 0 Å². The smallest absolute Gasteiger partial charge is 0.194 e. The molecule has 17 heavy (non-hydrogen) atoms. The van der Waals surface area contributed by atoms with E-state index < -0.39 is 0 Å². The zero-order chi connectivity index (χ0) is 11.7. The van der Waals surface area contributed by atoms with Crippen molar-refractivity contribution < 1.29 is 0 Å². The van der Waals surface area contributed by atoms with Crippen LogP contribution in [0.5, 0.6) is 0 Å². The summed E-state index contributed by atoms with van der Waals surface area (Å²) in [6.07, 6.45) is 7.26. The van der Waals surface area contributed by atoms with E-state index in [0.717, 1.165) is 24.3 Å². The summed E-state index contributed by atoms with van der Waals surface area (Å²) >= 11 is 1.75. The first-order chi connectivity index (χ1) is 8.38. The van der Waals surface area contributed by atoms with Crippen LogP contribution in [-0.2, 0) is 6.42 Å². The molecular formula is C13H15N3S. The summed E-state index contributed by atoms with van der Waals surface area (Å²) in [6.45, 7) is 0.787. The number of hydrogen-bond donors (Lipinski definition) is 1. The second-order valence-electron chi connectivity index (χ2n) is 4.23. The van der Waals surface area contributed by atoms with E-state index in [4.69, 9.17) is 5.73 Å². The number of imidazole rings is 1. The van der Waals surface area contributed by atoms with Gasteiger partial charge in [0.05, 0.1) is 10.2 Å². The Bertz CT molecular complexity index is 638. The second-order valence-corrected chi connectivity index (χ2v) is 5.24. The number of rotatable bonds is 4. The molecule has 0 aliphatic heterocycles. The van der Waals surface area contributed by atoms with Crippen LogP contribution in [0.25, 0.3) is 15.2 Å². The van der Waals surface area contributed by atoms with E-state index in [1.807, 2.05) is 12.4 Å². The van der Waals surface area contributed by atoms with Gasteiger partial charge in [0.15, 0.2) is 4.96 Å². The number of thiazole rings is 1. The van der Waals surface area contributed by atoms with Gasteiger partial charge >= 0.3 is 0 Å². The molecule has 0 saturated heterocycles. The van der Waals surface area contributed by atoms with Crippen LogP contribution in [0, 0.1) is 0 Å². The van der Waals surface area contributed by atoms with Crippen LogP contribution in [0.4, 0.5) is 0 Å². The van der Waals surface area contributed by atoms with Gasteiger partial charge in [0.1, 0.15) is 0 Å². The summed E-state index contributed by atoms with van der Waals surface area (Å²) in [7, 11) is 0. The Morgan fingerprint density at radius 1 is 1.29 bits per heavy atom. The van der Waals surface area contributed by atoms with Gasteiger partial charge in [-0.2, -0.15) is 0 Å². The first-order valence-electron chi connectivity index (χ1n) is 5.93. The highest BCUT2D eigenvalue weighted by molar-refractivity contribution is 7.23. The van der Waals surface area contributed by atoms with E-state index in [1.165, 1.54) is 22.2 Å². The zero-order valence-corrected chi connectivity index (χ0v) is 10.4. The summed E-state index contributed by atoms with van der Waals surface area (Å²) in [5.74, 6) is 0. The largest absolute Gasteiger partial charge is 0.330 e. The van der Waals surface area contributed by atoms with Crippen molar-refractivity contribution >= 4 is 26.5 Å². The standard InChI is InChI=1S/C13H15N3S/c14-6-2-1-3-10-4-5-11-12(9-10)17-13-15-7-8-16(11)13/h4-5,7-9H,1-3,6,14H2. The van der Waals surface area contributed by atoms with Crippen molar-refractivity contribution in [1.82, 2.24) is 9.38 Å². The lowest BCUT2D eigenvalue weighted by Gasteiger charge is -2.00. The Kier molecular flexibility index (Phi) is 2.82. The highest BCUT2D eigenvalue weighted by Gasteiger charge is 2.05. The summed E-state index contributed by atoms with van der Waals surface area (Å²) in [6, 6.07) is 6.69. The summed E-state index contributed by atoms with van der Waals surface area (Å²) < 4.78 is 3.46. The summed E-state index contributed by atoms with van der Waals surface area (Å²) in [5.41, 5.74) is 8.16. The van der Waals surface area contributed by atoms with Crippen LogP contribution < -0.4 is 5.73 Å². The maximum atomic E-state index is 5.51. The maximum absolute atomic E-state index is 5.51. The minimum atomic E-state index is 0.787. The predicted octanol–water partition coefficient (Wildman–Crippen LogP) is 2.83. The highest BCUT2D eigenvalue weighted by Crippen LogP contribution is 2.26. The number of unbranched alkanes of at least 4 members (excludes halogenated alkanes) is 1. The SMILES string of the molecule is NCCCCc1ccc2c(c1)sc1nccn12. The molecule has 2 heterocycles. The molecule has 4 heteroatoms. The summed E-state index contributed by atoms with van der Waals surface area (Å²) in [4.78, 5) is 5.39. The predicted molar refractivity (Wildman–Crippen MR) is 72.6 cm³/mol. The minimum absolute atomic E-state index is 0.787. The van der Waals surface area contributed by atoms with Gasteiger partial charge in [-0.05, 0) is 43.5 Å². The van der Waals surface area contributed by atoms with Gasteiger partial charge in [-0.1, -0.05) is 17.4 Å². The van der Waals surface area contributed by atoms with E-state index in [1.54, 1.807) is 11.3 Å². The third-order valence-corrected chi connectivity index (χ3v) is 4.04. The number of aromatic nitrogens is 2. The Labute approximate surface area is 104 Å². The van der Waals surface area contributed by atoms with Gasteiger partial charge < -0.3 is 5.73 Å². The fourth-order valence-electron chi connectivity index (χ4n) is 2.12. The third kappa shape index (κ3) is 1.94. The Hall–Kier alpha value is -1.39. The van der Waals surface area contributed by atoms with Crippen molar-refractivity contribution in [3.63, 3.8) is 0 Å². The second kappa shape index (κ2) is 4.47. The molecule has 0 spiro atoms. The van der Waals surface area contributed by atoms with E-state index in [2.05, 4.69) is 27.6 Å². The molecule has 3 rings (SSSR count). The molecule has 0 saturated carbocycles. The molecule has 3 nitrogen and oxygen atoms in total. The van der Waals surface area contributed by atoms with Crippen LogP contribution >= 0.6 is 11.3 Å². The number of nitrogens with two attached hydrogens (primary N) is 1. The van der Waals surface area contributed by atoms with Crippen LogP contribution in [0.3, 0.4) is 0 Å². The molecule has 2 aromatic heterocycles. The van der Waals surface area contributed by atoms with Crippen LogP contribution in [0.2, 0.25) is 0 Å². The topological polar surface area (TPSA) is 43.3 Å². The molecule has 2 N–H and O–H groups in total. The van der Waals surface area contributed by atoms with E-state index >= 15 is 0 Å². The van der Waals surface area contributed by atoms with E-state index in [0.29, 0.717) is 0 Å². The first kappa shape index (κ1) is 10.7. The van der Waals surface area contributed by atoms with Gasteiger partial charge in [0, 0.05) is 12.4 Å². The number of nitrogens with zero attached hydrogens (tertiary/aromatic N) is 2. The average Bonchev–Trinajstić information content (AvgIpc) is 2.89. The van der Waals surface area contributed by atoms with Gasteiger partial charge in [-0.3, -0.25) is 4.40 Å². The van der Waals surface area contributed by atoms with Gasteiger partial charge in [-0.15, -0.1) is 0 Å². The van der Waals surface area contributed by atoms with E-state index in [9.17, 15) is 0 Å². The molecular weight excluding hydrogens is 230 g/mol. The number of benzene rings is 1. The molecule has 0 aliphatic carbocycles. The molecule has 3 aromatic rings. The molecule has 0 bridgehead atoms. The lowest BCUT2D eigenvalue weighted by molar-refractivity contribution is 0.745. The molecule has 88 valence electrons. The van der Waals surface area contributed by atoms with Crippen molar-refractivity contribution in [2.75, 3.05) is 6.54 Å². The van der Waals surface area contributed by atoms with Crippen molar-refractivity contribution in [1.29, 1.82) is 0 Å². The van der Waals surface area contributed by atoms with E-state index in [-0.39, 0.29) is 0 Å². The van der Waals surface area contributed by atoms with Crippen LogP contribution in [0.15, 0.2) is 30.6 Å². The Balaban J connectivity index is 1.95. The molecule has 0 atom stereocenters. The van der Waals surface area contributed by atoms with Crippen LogP contribution in [-0.4, -0.2) is 15.9 Å². The third-order valence-electron chi connectivity index (χ3n) is 3.01. The normalized spacial score (nSPS) is 11.6. The van der Waals surface area contributed by atoms with Crippen molar-refractivity contribution in [2.24, 2.45) is 5.73 Å². The minimum Gasteiger partial charge on any atom is -0.330 e. The lowest BCUT2D eigenvalue weighted by atomic mass is 10.1. The molecule has 0 amide bonds. The van der Waals surface area contributed by atoms with Crippen molar-refractivity contribution in [3.05, 3.63) is 36.2 Å². The monoisotopic (exact) mass is 245 g/mol. The Morgan fingerprint density at radius 2 is 2.24 bits per heavy atom. The van der Waals surface area contributed by atoms with Gasteiger partial charge in [-0.25, -0.2) is 4.98 Å². The fourth-order valence-corrected chi connectivity index (χ4v) is 3.16.